The van der Waals surface area contributed by atoms with E-state index in [1.807, 2.05) is 0 Å². The highest BCUT2D eigenvalue weighted by Crippen LogP contribution is 2.14. The average Bonchev–Trinajstić information content (AvgIpc) is 2.52. The van der Waals surface area contributed by atoms with Crippen molar-refractivity contribution in [1.82, 2.24) is 10.2 Å². The molecule has 0 amide bonds. The SMILES string of the molecule is CCCCCCCc1n[nH]cc1Cl. The molecule has 3 heteroatoms. The molecule has 0 fully saturated rings. The van der Waals surface area contributed by atoms with Gasteiger partial charge in [0.1, 0.15) is 0 Å². The van der Waals surface area contributed by atoms with Gasteiger partial charge in [-0.3, -0.25) is 5.10 Å². The molecule has 2 nitrogen and oxygen atoms in total. The number of nitrogens with zero attached hydrogens (tertiary/aromatic N) is 1. The van der Waals surface area contributed by atoms with Gasteiger partial charge in [0.05, 0.1) is 10.7 Å². The van der Waals surface area contributed by atoms with Crippen LogP contribution in [0.5, 0.6) is 0 Å². The van der Waals surface area contributed by atoms with Crippen LogP contribution < -0.4 is 0 Å². The number of halogens is 1. The monoisotopic (exact) mass is 200 g/mol. The summed E-state index contributed by atoms with van der Waals surface area (Å²) >= 11 is 5.89. The minimum absolute atomic E-state index is 0.774. The Labute approximate surface area is 84.7 Å². The molecule has 0 aromatic carbocycles. The van der Waals surface area contributed by atoms with Gasteiger partial charge in [0, 0.05) is 6.20 Å². The number of aromatic amines is 1. The average molecular weight is 201 g/mol. The number of rotatable bonds is 6. The Balaban J connectivity index is 2.10. The van der Waals surface area contributed by atoms with Crippen molar-refractivity contribution in [3.8, 4) is 0 Å². The second-order valence-corrected chi connectivity index (χ2v) is 3.75. The third kappa shape index (κ3) is 3.81. The first-order valence-electron chi connectivity index (χ1n) is 5.02. The number of aromatic nitrogens is 2. The van der Waals surface area contributed by atoms with Crippen LogP contribution in [0.4, 0.5) is 0 Å². The summed E-state index contributed by atoms with van der Waals surface area (Å²) in [5.41, 5.74) is 1.01. The zero-order chi connectivity index (χ0) is 9.52. The fraction of sp³-hybridized carbons (Fsp3) is 0.700. The maximum Gasteiger partial charge on any atom is 0.0815 e. The zero-order valence-electron chi connectivity index (χ0n) is 8.15. The number of aryl methyl sites for hydroxylation is 1. The van der Waals surface area contributed by atoms with E-state index >= 15 is 0 Å². The summed E-state index contributed by atoms with van der Waals surface area (Å²) in [7, 11) is 0. The van der Waals surface area contributed by atoms with Crippen LogP contribution in [0.15, 0.2) is 6.20 Å². The molecule has 0 radical (unpaired) electrons. The van der Waals surface area contributed by atoms with E-state index in [1.54, 1.807) is 6.20 Å². The molecule has 13 heavy (non-hydrogen) atoms. The van der Waals surface area contributed by atoms with Crippen LogP contribution in [0.3, 0.4) is 0 Å². The Kier molecular flexibility index (Phi) is 4.91. The van der Waals surface area contributed by atoms with Crippen molar-refractivity contribution in [3.05, 3.63) is 16.9 Å². The summed E-state index contributed by atoms with van der Waals surface area (Å²) in [6.45, 7) is 2.23. The first kappa shape index (κ1) is 10.6. The van der Waals surface area contributed by atoms with E-state index in [-0.39, 0.29) is 0 Å². The third-order valence-corrected chi connectivity index (χ3v) is 2.51. The lowest BCUT2D eigenvalue weighted by Crippen LogP contribution is -1.87. The highest BCUT2D eigenvalue weighted by molar-refractivity contribution is 6.31. The summed E-state index contributed by atoms with van der Waals surface area (Å²) in [5.74, 6) is 0. The van der Waals surface area contributed by atoms with E-state index in [0.29, 0.717) is 0 Å². The lowest BCUT2D eigenvalue weighted by atomic mass is 10.1. The molecule has 1 aromatic rings. The molecule has 1 N–H and O–H groups in total. The lowest BCUT2D eigenvalue weighted by Gasteiger charge is -1.98. The van der Waals surface area contributed by atoms with Gasteiger partial charge in [-0.25, -0.2) is 0 Å². The molecule has 0 aliphatic carbocycles. The molecule has 0 saturated carbocycles. The summed E-state index contributed by atoms with van der Waals surface area (Å²) in [4.78, 5) is 0. The number of unbranched alkanes of at least 4 members (excludes halogenated alkanes) is 4. The van der Waals surface area contributed by atoms with Crippen LogP contribution in [0.1, 0.15) is 44.7 Å². The van der Waals surface area contributed by atoms with Crippen molar-refractivity contribution in [3.63, 3.8) is 0 Å². The molecule has 0 unspecified atom stereocenters. The molecule has 1 rings (SSSR count). The van der Waals surface area contributed by atoms with Crippen molar-refractivity contribution in [2.45, 2.75) is 45.4 Å². The maximum absolute atomic E-state index is 5.89. The van der Waals surface area contributed by atoms with Gasteiger partial charge in [-0.2, -0.15) is 5.10 Å². The smallest absolute Gasteiger partial charge is 0.0815 e. The van der Waals surface area contributed by atoms with Crippen LogP contribution in [0, 0.1) is 0 Å². The van der Waals surface area contributed by atoms with E-state index in [2.05, 4.69) is 17.1 Å². The summed E-state index contributed by atoms with van der Waals surface area (Å²) in [6.07, 6.45) is 9.20. The van der Waals surface area contributed by atoms with E-state index in [9.17, 15) is 0 Å². The van der Waals surface area contributed by atoms with Gasteiger partial charge in [0.15, 0.2) is 0 Å². The Hall–Kier alpha value is -0.500. The normalized spacial score (nSPS) is 10.6. The van der Waals surface area contributed by atoms with Crippen molar-refractivity contribution >= 4 is 11.6 Å². The van der Waals surface area contributed by atoms with Gasteiger partial charge in [-0.05, 0) is 12.8 Å². The Morgan fingerprint density at radius 3 is 2.69 bits per heavy atom. The largest absolute Gasteiger partial charge is 0.284 e. The zero-order valence-corrected chi connectivity index (χ0v) is 8.90. The molecule has 0 saturated heterocycles. The van der Waals surface area contributed by atoms with E-state index < -0.39 is 0 Å². The van der Waals surface area contributed by atoms with Crippen molar-refractivity contribution in [1.29, 1.82) is 0 Å². The van der Waals surface area contributed by atoms with E-state index in [1.165, 1.54) is 32.1 Å². The summed E-state index contributed by atoms with van der Waals surface area (Å²) < 4.78 is 0. The second-order valence-electron chi connectivity index (χ2n) is 3.34. The fourth-order valence-corrected chi connectivity index (χ4v) is 1.56. The van der Waals surface area contributed by atoms with Crippen LogP contribution in [-0.4, -0.2) is 10.2 Å². The van der Waals surface area contributed by atoms with Crippen LogP contribution in [0.2, 0.25) is 5.02 Å². The molecule has 74 valence electrons. The Morgan fingerprint density at radius 2 is 2.08 bits per heavy atom. The molecular weight excluding hydrogens is 184 g/mol. The van der Waals surface area contributed by atoms with E-state index in [4.69, 9.17) is 11.6 Å². The van der Waals surface area contributed by atoms with Gasteiger partial charge >= 0.3 is 0 Å². The van der Waals surface area contributed by atoms with Crippen molar-refractivity contribution in [2.24, 2.45) is 0 Å². The van der Waals surface area contributed by atoms with Crippen molar-refractivity contribution < 1.29 is 0 Å². The first-order chi connectivity index (χ1) is 6.34. The minimum atomic E-state index is 0.774. The predicted molar refractivity (Wildman–Crippen MR) is 56.1 cm³/mol. The molecule has 0 spiro atoms. The highest BCUT2D eigenvalue weighted by atomic mass is 35.5. The quantitative estimate of drug-likeness (QED) is 0.699. The van der Waals surface area contributed by atoms with Crippen molar-refractivity contribution in [2.75, 3.05) is 0 Å². The standard InChI is InChI=1S/C10H17ClN2/c1-2-3-4-5-6-7-10-9(11)8-12-13-10/h8H,2-7H2,1H3,(H,12,13). The number of nitrogens with one attached hydrogen (secondary N) is 1. The Morgan fingerprint density at radius 1 is 1.31 bits per heavy atom. The molecule has 1 aromatic heterocycles. The maximum atomic E-state index is 5.89. The summed E-state index contributed by atoms with van der Waals surface area (Å²) in [6, 6.07) is 0. The highest BCUT2D eigenvalue weighted by Gasteiger charge is 2.01. The Bertz CT molecular complexity index is 233. The van der Waals surface area contributed by atoms with Gasteiger partial charge in [0.25, 0.3) is 0 Å². The van der Waals surface area contributed by atoms with Gasteiger partial charge in [-0.15, -0.1) is 0 Å². The van der Waals surface area contributed by atoms with Gasteiger partial charge in [0.2, 0.25) is 0 Å². The molecule has 0 aliphatic heterocycles. The number of hydrogen-bond donors (Lipinski definition) is 1. The minimum Gasteiger partial charge on any atom is -0.284 e. The number of H-pyrrole nitrogens is 1. The van der Waals surface area contributed by atoms with Crippen LogP contribution >= 0.6 is 11.6 Å². The number of hydrogen-bond acceptors (Lipinski definition) is 1. The van der Waals surface area contributed by atoms with Gasteiger partial charge < -0.3 is 0 Å². The predicted octanol–water partition coefficient (Wildman–Crippen LogP) is 3.58. The lowest BCUT2D eigenvalue weighted by molar-refractivity contribution is 0.627. The molecular formula is C10H17ClN2. The fourth-order valence-electron chi connectivity index (χ4n) is 1.37. The third-order valence-electron chi connectivity index (χ3n) is 2.18. The molecule has 0 aliphatic rings. The van der Waals surface area contributed by atoms with Crippen LogP contribution in [-0.2, 0) is 6.42 Å². The van der Waals surface area contributed by atoms with Gasteiger partial charge in [-0.1, -0.05) is 44.2 Å². The topological polar surface area (TPSA) is 28.7 Å². The first-order valence-corrected chi connectivity index (χ1v) is 5.40. The van der Waals surface area contributed by atoms with Crippen LogP contribution in [0.25, 0.3) is 0 Å². The molecule has 0 atom stereocenters. The second kappa shape index (κ2) is 6.03. The summed E-state index contributed by atoms with van der Waals surface area (Å²) in [5, 5.41) is 7.62. The molecule has 1 heterocycles. The molecule has 0 bridgehead atoms. The van der Waals surface area contributed by atoms with E-state index in [0.717, 1.165) is 17.1 Å².